The Labute approximate surface area is 191 Å². The number of aromatic nitrogens is 3. The average Bonchev–Trinajstić information content (AvgIpc) is 3.09. The minimum absolute atomic E-state index is 0.512. The summed E-state index contributed by atoms with van der Waals surface area (Å²) >= 11 is 7.88. The maximum absolute atomic E-state index is 9.75. The van der Waals surface area contributed by atoms with Crippen molar-refractivity contribution in [1.82, 2.24) is 8.96 Å². The van der Waals surface area contributed by atoms with Crippen LogP contribution in [-0.2, 0) is 15.2 Å². The summed E-state index contributed by atoms with van der Waals surface area (Å²) in [5.74, 6) is 2.60. The molecule has 0 saturated carbocycles. The van der Waals surface area contributed by atoms with Gasteiger partial charge in [0, 0.05) is 41.8 Å². The van der Waals surface area contributed by atoms with Crippen LogP contribution < -0.4 is 9.30 Å². The summed E-state index contributed by atoms with van der Waals surface area (Å²) in [5.41, 5.74) is 4.28. The van der Waals surface area contributed by atoms with Gasteiger partial charge >= 0.3 is 13.2 Å². The van der Waals surface area contributed by atoms with Crippen molar-refractivity contribution < 1.29 is 36.0 Å². The molecule has 6 nitrogen and oxygen atoms in total. The van der Waals surface area contributed by atoms with Crippen LogP contribution in [0.4, 0.5) is 17.3 Å². The Morgan fingerprint density at radius 1 is 1.16 bits per heavy atom. The van der Waals surface area contributed by atoms with E-state index in [2.05, 4.69) is 15.5 Å². The maximum Gasteiger partial charge on any atom is 0.673 e. The van der Waals surface area contributed by atoms with E-state index in [1.54, 1.807) is 19.1 Å². The summed E-state index contributed by atoms with van der Waals surface area (Å²) in [7, 11) is -4.34. The molecule has 0 amide bonds. The molecule has 0 radical (unpaired) electrons. The van der Waals surface area contributed by atoms with Crippen LogP contribution in [0.2, 0.25) is 5.02 Å². The molecule has 1 aliphatic heterocycles. The molecule has 0 aliphatic carbocycles. The van der Waals surface area contributed by atoms with Crippen LogP contribution in [0.3, 0.4) is 0 Å². The standard InChI is InChI=1S/C19H21ClN3O3S.BF4/c1-13-17-12-27-23-16-11-14(20)3-4-15(16)21-19(23)22(17)6-5-18(13)26-10-9-25-8-7-24-2;2-1(3,4)5/h3-6,11H,7-10,12H2,1-2H3;/q+1;-1. The van der Waals surface area contributed by atoms with Gasteiger partial charge in [0.05, 0.1) is 31.8 Å². The van der Waals surface area contributed by atoms with Crippen LogP contribution in [0.5, 0.6) is 5.75 Å². The first-order valence-electron chi connectivity index (χ1n) is 9.61. The lowest BCUT2D eigenvalue weighted by Crippen LogP contribution is -2.41. The van der Waals surface area contributed by atoms with E-state index in [4.69, 9.17) is 30.8 Å². The molecule has 1 aromatic carbocycles. The molecule has 0 spiro atoms. The molecular formula is C19H21BClF4N3O3S. The molecule has 4 rings (SSSR count). The Bertz CT molecular complexity index is 1080. The maximum atomic E-state index is 9.75. The van der Waals surface area contributed by atoms with Crippen LogP contribution >= 0.6 is 23.5 Å². The molecule has 3 heterocycles. The predicted octanol–water partition coefficient (Wildman–Crippen LogP) is 4.63. The van der Waals surface area contributed by atoms with Crippen LogP contribution in [0, 0.1) is 6.92 Å². The zero-order valence-electron chi connectivity index (χ0n) is 17.4. The minimum atomic E-state index is -6.00. The summed E-state index contributed by atoms with van der Waals surface area (Å²) in [4.78, 5) is 4.78. The highest BCUT2D eigenvalue weighted by atomic mass is 35.5. The molecule has 3 aromatic rings. The highest BCUT2D eigenvalue weighted by Crippen LogP contribution is 2.32. The number of halogens is 5. The number of methoxy groups -OCH3 is 1. The van der Waals surface area contributed by atoms with Gasteiger partial charge in [-0.3, -0.25) is 0 Å². The van der Waals surface area contributed by atoms with E-state index in [0.29, 0.717) is 31.5 Å². The summed E-state index contributed by atoms with van der Waals surface area (Å²) in [6.45, 7) is 4.31. The molecule has 0 unspecified atom stereocenters. The quantitative estimate of drug-likeness (QED) is 0.208. The monoisotopic (exact) mass is 493 g/mol. The van der Waals surface area contributed by atoms with Gasteiger partial charge in [0.2, 0.25) is 0 Å². The lowest BCUT2D eigenvalue weighted by atomic mass is 10.2. The number of hydrogen-bond acceptors (Lipinski definition) is 5. The molecule has 13 heteroatoms. The van der Waals surface area contributed by atoms with Crippen LogP contribution in [-0.4, -0.2) is 49.7 Å². The Morgan fingerprint density at radius 3 is 2.59 bits per heavy atom. The molecule has 0 fully saturated rings. The molecular weight excluding hydrogens is 473 g/mol. The third-order valence-corrected chi connectivity index (χ3v) is 5.75. The second-order valence-corrected chi connectivity index (χ2v) is 8.03. The molecule has 1 aliphatic rings. The van der Waals surface area contributed by atoms with Gasteiger partial charge in [0.15, 0.2) is 11.0 Å². The fourth-order valence-electron chi connectivity index (χ4n) is 3.08. The van der Waals surface area contributed by atoms with E-state index in [0.717, 1.165) is 34.0 Å². The van der Waals surface area contributed by atoms with Gasteiger partial charge in [-0.1, -0.05) is 16.6 Å². The lowest BCUT2D eigenvalue weighted by Gasteiger charge is -2.17. The van der Waals surface area contributed by atoms with Crippen molar-refractivity contribution in [1.29, 1.82) is 0 Å². The fraction of sp³-hybridized carbons (Fsp3) is 0.368. The van der Waals surface area contributed by atoms with Crippen molar-refractivity contribution in [3.8, 4) is 11.7 Å². The van der Waals surface area contributed by atoms with E-state index >= 15 is 0 Å². The van der Waals surface area contributed by atoms with E-state index < -0.39 is 7.25 Å². The lowest BCUT2D eigenvalue weighted by molar-refractivity contribution is -0.612. The Morgan fingerprint density at radius 2 is 1.88 bits per heavy atom. The molecule has 0 N–H and O–H groups in total. The van der Waals surface area contributed by atoms with Gasteiger partial charge in [0.25, 0.3) is 0 Å². The number of hydrogen-bond donors (Lipinski definition) is 0. The zero-order valence-corrected chi connectivity index (χ0v) is 18.9. The van der Waals surface area contributed by atoms with Crippen molar-refractivity contribution in [3.63, 3.8) is 0 Å². The van der Waals surface area contributed by atoms with Gasteiger partial charge < -0.3 is 31.5 Å². The van der Waals surface area contributed by atoms with Gasteiger partial charge in [-0.2, -0.15) is 3.97 Å². The van der Waals surface area contributed by atoms with Crippen molar-refractivity contribution >= 4 is 41.8 Å². The first-order valence-corrected chi connectivity index (χ1v) is 10.9. The van der Waals surface area contributed by atoms with Crippen molar-refractivity contribution in [2.24, 2.45) is 0 Å². The zero-order chi connectivity index (χ0) is 23.3. The fourth-order valence-corrected chi connectivity index (χ4v) is 4.38. The number of rotatable bonds is 7. The van der Waals surface area contributed by atoms with Crippen LogP contribution in [0.15, 0.2) is 30.5 Å². The highest BCUT2D eigenvalue weighted by molar-refractivity contribution is 7.97. The van der Waals surface area contributed by atoms with Crippen LogP contribution in [0.25, 0.3) is 17.0 Å². The Balaban J connectivity index is 0.000000523. The number of ether oxygens (including phenoxy) is 3. The predicted molar refractivity (Wildman–Crippen MR) is 116 cm³/mol. The van der Waals surface area contributed by atoms with Crippen LogP contribution in [0.1, 0.15) is 11.3 Å². The smallest absolute Gasteiger partial charge is 0.491 e. The van der Waals surface area contributed by atoms with E-state index in [9.17, 15) is 17.3 Å². The molecule has 0 saturated heterocycles. The number of imidazole rings is 1. The van der Waals surface area contributed by atoms with E-state index in [1.807, 2.05) is 30.5 Å². The average molecular weight is 494 g/mol. The first-order chi connectivity index (χ1) is 15.2. The number of nitrogens with zero attached hydrogens (tertiary/aromatic N) is 3. The Hall–Kier alpha value is -2.02. The third-order valence-electron chi connectivity index (χ3n) is 4.49. The summed E-state index contributed by atoms with van der Waals surface area (Å²) < 4.78 is 59.6. The minimum Gasteiger partial charge on any atom is -0.491 e. The third kappa shape index (κ3) is 6.28. The highest BCUT2D eigenvalue weighted by Gasteiger charge is 2.31. The topological polar surface area (TPSA) is 49.4 Å². The van der Waals surface area contributed by atoms with Crippen molar-refractivity contribution in [2.75, 3.05) is 33.5 Å². The van der Waals surface area contributed by atoms with Gasteiger partial charge in [0.1, 0.15) is 18.1 Å². The molecule has 2 aromatic heterocycles. The SMILES string of the molecule is COCCOCCOc1cc[n+]2c(c1C)CSn1c-2nc2ccc(Cl)cc21.F[B-](F)(F)F. The van der Waals surface area contributed by atoms with E-state index in [1.165, 1.54) is 5.69 Å². The first kappa shape index (κ1) is 24.6. The van der Waals surface area contributed by atoms with Crippen molar-refractivity contribution in [3.05, 3.63) is 46.7 Å². The summed E-state index contributed by atoms with van der Waals surface area (Å²) in [5, 5.41) is 0.717. The molecule has 174 valence electrons. The van der Waals surface area contributed by atoms with Gasteiger partial charge in [-0.25, -0.2) is 4.57 Å². The number of benzene rings is 1. The molecule has 0 atom stereocenters. The summed E-state index contributed by atoms with van der Waals surface area (Å²) in [6, 6.07) is 7.77. The molecule has 0 bridgehead atoms. The summed E-state index contributed by atoms with van der Waals surface area (Å²) in [6.07, 6.45) is 2.02. The Kier molecular flexibility index (Phi) is 8.26. The van der Waals surface area contributed by atoms with Gasteiger partial charge in [-0.15, -0.1) is 0 Å². The molecule has 32 heavy (non-hydrogen) atoms. The normalized spacial score (nSPS) is 12.7. The van der Waals surface area contributed by atoms with Gasteiger partial charge in [-0.05, 0) is 19.1 Å². The van der Waals surface area contributed by atoms with Crippen molar-refractivity contribution in [2.45, 2.75) is 12.7 Å². The number of pyridine rings is 1. The number of fused-ring (bicyclic) bond motifs is 5. The van der Waals surface area contributed by atoms with E-state index in [-0.39, 0.29) is 0 Å². The largest absolute Gasteiger partial charge is 0.673 e. The second kappa shape index (κ2) is 10.7. The second-order valence-electron chi connectivity index (χ2n) is 6.68.